The van der Waals surface area contributed by atoms with Crippen molar-refractivity contribution in [2.75, 3.05) is 4.90 Å². The summed E-state index contributed by atoms with van der Waals surface area (Å²) in [5.41, 5.74) is 3.26. The first-order valence-electron chi connectivity index (χ1n) is 9.77. The second-order valence-electron chi connectivity index (χ2n) is 8.79. The van der Waals surface area contributed by atoms with Crippen LogP contribution in [0.3, 0.4) is 0 Å². The van der Waals surface area contributed by atoms with Gasteiger partial charge in [0.15, 0.2) is 5.78 Å². The van der Waals surface area contributed by atoms with Gasteiger partial charge in [-0.05, 0) is 60.2 Å². The fraction of sp³-hybridized carbons (Fsp3) is 0.333. The topological polar surface area (TPSA) is 37.4 Å². The minimum absolute atomic E-state index is 0.00535. The number of hydrogen-bond donors (Lipinski definition) is 0. The minimum Gasteiger partial charge on any atom is -0.294 e. The number of aryl methyl sites for hydroxylation is 1. The molecule has 1 aliphatic carbocycles. The zero-order valence-corrected chi connectivity index (χ0v) is 18.3. The van der Waals surface area contributed by atoms with Crippen LogP contribution < -0.4 is 4.90 Å². The van der Waals surface area contributed by atoms with Crippen molar-refractivity contribution in [1.82, 2.24) is 0 Å². The van der Waals surface area contributed by atoms with E-state index in [2.05, 4.69) is 15.9 Å². The fourth-order valence-electron chi connectivity index (χ4n) is 4.53. The van der Waals surface area contributed by atoms with Crippen molar-refractivity contribution < 1.29 is 14.0 Å². The minimum atomic E-state index is -0.556. The first-order chi connectivity index (χ1) is 13.7. The van der Waals surface area contributed by atoms with E-state index < -0.39 is 5.92 Å². The summed E-state index contributed by atoms with van der Waals surface area (Å²) in [7, 11) is 0. The molecule has 1 unspecified atom stereocenters. The van der Waals surface area contributed by atoms with Crippen LogP contribution in [-0.4, -0.2) is 11.7 Å². The maximum absolute atomic E-state index is 14.7. The predicted octanol–water partition coefficient (Wildman–Crippen LogP) is 6.06. The molecule has 0 bridgehead atoms. The molecule has 0 fully saturated rings. The molecule has 150 valence electrons. The summed E-state index contributed by atoms with van der Waals surface area (Å²) < 4.78 is 15.4. The lowest BCUT2D eigenvalue weighted by molar-refractivity contribution is -0.121. The standard InChI is InChI=1S/C24H23BrFNO2/c1-14-5-4-6-16(9-14)27-20-12-24(2,3)13-21(28)23(20)18(11-22(27)29)17-10-15(25)7-8-19(17)26/h4-10,18H,11-13H2,1-3H3. The van der Waals surface area contributed by atoms with E-state index in [-0.39, 0.29) is 29.3 Å². The molecule has 0 saturated heterocycles. The first-order valence-corrected chi connectivity index (χ1v) is 10.6. The van der Waals surface area contributed by atoms with Crippen LogP contribution >= 0.6 is 15.9 Å². The second kappa shape index (κ2) is 7.21. The van der Waals surface area contributed by atoms with Gasteiger partial charge in [0.25, 0.3) is 0 Å². The van der Waals surface area contributed by atoms with Crippen LogP contribution in [0, 0.1) is 18.2 Å². The Labute approximate surface area is 178 Å². The number of hydrogen-bond acceptors (Lipinski definition) is 2. The summed E-state index contributed by atoms with van der Waals surface area (Å²) in [6.07, 6.45) is 1.07. The molecule has 0 spiro atoms. The molecule has 5 heteroatoms. The van der Waals surface area contributed by atoms with Gasteiger partial charge in [-0.25, -0.2) is 4.39 Å². The number of ketones is 1. The van der Waals surface area contributed by atoms with E-state index in [1.165, 1.54) is 6.07 Å². The van der Waals surface area contributed by atoms with Crippen LogP contribution in [-0.2, 0) is 9.59 Å². The van der Waals surface area contributed by atoms with Crippen molar-refractivity contribution in [3.8, 4) is 0 Å². The lowest BCUT2D eigenvalue weighted by Gasteiger charge is -2.43. The normalized spacial score (nSPS) is 21.4. The number of halogens is 2. The smallest absolute Gasteiger partial charge is 0.232 e. The quantitative estimate of drug-likeness (QED) is 0.551. The number of carbonyl (C=O) groups excluding carboxylic acids is 2. The number of rotatable bonds is 2. The summed E-state index contributed by atoms with van der Waals surface area (Å²) in [6.45, 7) is 6.05. The number of anilines is 1. The third kappa shape index (κ3) is 3.68. The average molecular weight is 456 g/mol. The Morgan fingerprint density at radius 3 is 2.59 bits per heavy atom. The molecular formula is C24H23BrFNO2. The van der Waals surface area contributed by atoms with E-state index in [4.69, 9.17) is 0 Å². The Hall–Kier alpha value is -2.27. The van der Waals surface area contributed by atoms with Crippen LogP contribution in [0.15, 0.2) is 58.2 Å². The van der Waals surface area contributed by atoms with Crippen molar-refractivity contribution in [3.05, 3.63) is 75.2 Å². The highest BCUT2D eigenvalue weighted by molar-refractivity contribution is 9.10. The molecule has 0 saturated carbocycles. The van der Waals surface area contributed by atoms with Gasteiger partial charge in [0.1, 0.15) is 5.82 Å². The van der Waals surface area contributed by atoms with Crippen molar-refractivity contribution in [1.29, 1.82) is 0 Å². The Balaban J connectivity index is 1.94. The third-order valence-corrected chi connectivity index (χ3v) is 6.23. The molecule has 1 heterocycles. The van der Waals surface area contributed by atoms with Gasteiger partial charge in [-0.2, -0.15) is 0 Å². The number of nitrogens with zero attached hydrogens (tertiary/aromatic N) is 1. The molecule has 1 amide bonds. The molecule has 2 aromatic rings. The third-order valence-electron chi connectivity index (χ3n) is 5.74. The van der Waals surface area contributed by atoms with Crippen LogP contribution in [0.25, 0.3) is 0 Å². The van der Waals surface area contributed by atoms with E-state index in [9.17, 15) is 14.0 Å². The van der Waals surface area contributed by atoms with Crippen LogP contribution in [0.4, 0.5) is 10.1 Å². The Kier molecular flexibility index (Phi) is 4.97. The van der Waals surface area contributed by atoms with Gasteiger partial charge in [-0.1, -0.05) is 41.9 Å². The van der Waals surface area contributed by atoms with Gasteiger partial charge in [-0.3, -0.25) is 14.5 Å². The number of carbonyl (C=O) groups is 2. The average Bonchev–Trinajstić information content (AvgIpc) is 2.61. The van der Waals surface area contributed by atoms with Crippen molar-refractivity contribution >= 4 is 33.3 Å². The van der Waals surface area contributed by atoms with Crippen LogP contribution in [0.2, 0.25) is 0 Å². The van der Waals surface area contributed by atoms with Gasteiger partial charge in [0.05, 0.1) is 0 Å². The highest BCUT2D eigenvalue weighted by Gasteiger charge is 2.44. The van der Waals surface area contributed by atoms with E-state index in [1.54, 1.807) is 17.0 Å². The van der Waals surface area contributed by atoms with Gasteiger partial charge in [0, 0.05) is 40.2 Å². The summed E-state index contributed by atoms with van der Waals surface area (Å²) in [4.78, 5) is 28.2. The fourth-order valence-corrected chi connectivity index (χ4v) is 4.91. The Morgan fingerprint density at radius 2 is 1.86 bits per heavy atom. The highest BCUT2D eigenvalue weighted by atomic mass is 79.9. The maximum Gasteiger partial charge on any atom is 0.232 e. The van der Waals surface area contributed by atoms with E-state index in [0.29, 0.717) is 24.0 Å². The van der Waals surface area contributed by atoms with Gasteiger partial charge < -0.3 is 0 Å². The van der Waals surface area contributed by atoms with Gasteiger partial charge in [-0.15, -0.1) is 0 Å². The largest absolute Gasteiger partial charge is 0.294 e. The number of allylic oxidation sites excluding steroid dienone is 2. The van der Waals surface area contributed by atoms with Crippen molar-refractivity contribution in [2.45, 2.75) is 46.0 Å². The van der Waals surface area contributed by atoms with Crippen molar-refractivity contribution in [2.24, 2.45) is 5.41 Å². The maximum atomic E-state index is 14.7. The van der Waals surface area contributed by atoms with E-state index >= 15 is 0 Å². The molecule has 29 heavy (non-hydrogen) atoms. The molecule has 0 N–H and O–H groups in total. The lowest BCUT2D eigenvalue weighted by Crippen LogP contribution is -2.43. The SMILES string of the molecule is Cc1cccc(N2C(=O)CC(c3cc(Br)ccc3F)C3=C2CC(C)(C)CC3=O)c1. The monoisotopic (exact) mass is 455 g/mol. The molecule has 2 aliphatic rings. The molecule has 2 aromatic carbocycles. The summed E-state index contributed by atoms with van der Waals surface area (Å²) >= 11 is 3.39. The Bertz CT molecular complexity index is 1060. The highest BCUT2D eigenvalue weighted by Crippen LogP contribution is 2.48. The number of benzene rings is 2. The van der Waals surface area contributed by atoms with E-state index in [0.717, 1.165) is 21.4 Å². The first kappa shape index (κ1) is 20.0. The molecule has 1 atom stereocenters. The number of Topliss-reactive ketones (excluding diaryl/α,β-unsaturated/α-hetero) is 1. The summed E-state index contributed by atoms with van der Waals surface area (Å²) in [5, 5.41) is 0. The molecule has 3 nitrogen and oxygen atoms in total. The van der Waals surface area contributed by atoms with Crippen molar-refractivity contribution in [3.63, 3.8) is 0 Å². The summed E-state index contributed by atoms with van der Waals surface area (Å²) in [5.74, 6) is -1.05. The molecule has 1 aliphatic heterocycles. The van der Waals surface area contributed by atoms with Gasteiger partial charge >= 0.3 is 0 Å². The van der Waals surface area contributed by atoms with Crippen LogP contribution in [0.1, 0.15) is 50.2 Å². The predicted molar refractivity (Wildman–Crippen MR) is 115 cm³/mol. The summed E-state index contributed by atoms with van der Waals surface area (Å²) in [6, 6.07) is 12.4. The second-order valence-corrected chi connectivity index (χ2v) is 9.71. The number of amides is 1. The van der Waals surface area contributed by atoms with Gasteiger partial charge in [0.2, 0.25) is 5.91 Å². The molecule has 4 rings (SSSR count). The zero-order chi connectivity index (χ0) is 20.9. The zero-order valence-electron chi connectivity index (χ0n) is 16.8. The Morgan fingerprint density at radius 1 is 1.10 bits per heavy atom. The molecule has 0 radical (unpaired) electrons. The lowest BCUT2D eigenvalue weighted by atomic mass is 9.69. The molecular weight excluding hydrogens is 433 g/mol. The molecule has 0 aromatic heterocycles. The van der Waals surface area contributed by atoms with Crippen LogP contribution in [0.5, 0.6) is 0 Å². The van der Waals surface area contributed by atoms with E-state index in [1.807, 2.05) is 45.0 Å².